The zero-order valence-electron chi connectivity index (χ0n) is 10.2. The summed E-state index contributed by atoms with van der Waals surface area (Å²) in [4.78, 5) is 3.97. The summed E-state index contributed by atoms with van der Waals surface area (Å²) in [5.74, 6) is 1.40. The number of nitrogens with zero attached hydrogens (tertiary/aromatic N) is 3. The average molecular weight is 259 g/mol. The smallest absolute Gasteiger partial charge is 0.231 e. The van der Waals surface area contributed by atoms with Crippen LogP contribution in [0, 0.1) is 0 Å². The molecule has 19 heavy (non-hydrogen) atoms. The highest BCUT2D eigenvalue weighted by Gasteiger charge is 2.15. The number of imidazole rings is 1. The van der Waals surface area contributed by atoms with Gasteiger partial charge in [0.05, 0.1) is 12.0 Å². The van der Waals surface area contributed by atoms with Crippen molar-refractivity contribution in [2.24, 2.45) is 5.16 Å². The van der Waals surface area contributed by atoms with Crippen LogP contribution in [0.3, 0.4) is 0 Å². The summed E-state index contributed by atoms with van der Waals surface area (Å²) < 4.78 is 12.5. The summed E-state index contributed by atoms with van der Waals surface area (Å²) in [6.07, 6.45) is 5.92. The Morgan fingerprint density at radius 2 is 2.26 bits per heavy atom. The minimum absolute atomic E-state index is 0.236. The van der Waals surface area contributed by atoms with Gasteiger partial charge in [0, 0.05) is 30.9 Å². The van der Waals surface area contributed by atoms with Gasteiger partial charge < -0.3 is 19.2 Å². The Morgan fingerprint density at radius 3 is 3.05 bits per heavy atom. The SMILES string of the molecule is O/N=C(/CCn1ccnc1)c1ccc2c(c1)OCO2. The van der Waals surface area contributed by atoms with Crippen molar-refractivity contribution in [1.29, 1.82) is 0 Å². The van der Waals surface area contributed by atoms with Crippen LogP contribution in [0.4, 0.5) is 0 Å². The van der Waals surface area contributed by atoms with E-state index < -0.39 is 0 Å². The van der Waals surface area contributed by atoms with E-state index in [-0.39, 0.29) is 6.79 Å². The van der Waals surface area contributed by atoms with Crippen molar-refractivity contribution >= 4 is 5.71 Å². The molecule has 1 aliphatic heterocycles. The van der Waals surface area contributed by atoms with E-state index >= 15 is 0 Å². The van der Waals surface area contributed by atoms with Crippen LogP contribution in [0.25, 0.3) is 0 Å². The Bertz CT molecular complexity index is 593. The maximum absolute atomic E-state index is 9.15. The van der Waals surface area contributed by atoms with Crippen molar-refractivity contribution in [3.8, 4) is 11.5 Å². The van der Waals surface area contributed by atoms with E-state index in [0.29, 0.717) is 24.4 Å². The second kappa shape index (κ2) is 5.01. The summed E-state index contributed by atoms with van der Waals surface area (Å²) in [7, 11) is 0. The van der Waals surface area contributed by atoms with E-state index in [1.54, 1.807) is 12.5 Å². The van der Waals surface area contributed by atoms with Crippen molar-refractivity contribution in [2.45, 2.75) is 13.0 Å². The van der Waals surface area contributed by atoms with Gasteiger partial charge in [0.25, 0.3) is 0 Å². The van der Waals surface area contributed by atoms with Crippen LogP contribution in [0.1, 0.15) is 12.0 Å². The molecule has 0 saturated heterocycles. The molecule has 0 fully saturated rings. The molecule has 3 rings (SSSR count). The number of hydrogen-bond donors (Lipinski definition) is 1. The van der Waals surface area contributed by atoms with Gasteiger partial charge in [0.1, 0.15) is 0 Å². The van der Waals surface area contributed by atoms with Crippen LogP contribution < -0.4 is 9.47 Å². The zero-order chi connectivity index (χ0) is 13.1. The minimum atomic E-state index is 0.236. The van der Waals surface area contributed by atoms with Crippen LogP contribution in [0.15, 0.2) is 42.1 Å². The van der Waals surface area contributed by atoms with Gasteiger partial charge >= 0.3 is 0 Å². The minimum Gasteiger partial charge on any atom is -0.454 e. The molecule has 6 nitrogen and oxygen atoms in total. The number of fused-ring (bicyclic) bond motifs is 1. The summed E-state index contributed by atoms with van der Waals surface area (Å²) in [6, 6.07) is 5.50. The van der Waals surface area contributed by atoms with Crippen LogP contribution in [-0.4, -0.2) is 27.3 Å². The predicted molar refractivity (Wildman–Crippen MR) is 67.7 cm³/mol. The Morgan fingerprint density at radius 1 is 1.37 bits per heavy atom. The number of benzene rings is 1. The van der Waals surface area contributed by atoms with Crippen molar-refractivity contribution in [2.75, 3.05) is 6.79 Å². The Kier molecular flexibility index (Phi) is 3.06. The number of ether oxygens (including phenoxy) is 2. The monoisotopic (exact) mass is 259 g/mol. The molecule has 2 aromatic rings. The van der Waals surface area contributed by atoms with Gasteiger partial charge in [-0.1, -0.05) is 5.16 Å². The fourth-order valence-corrected chi connectivity index (χ4v) is 1.98. The van der Waals surface area contributed by atoms with Gasteiger partial charge in [-0.15, -0.1) is 0 Å². The van der Waals surface area contributed by atoms with Gasteiger partial charge in [-0.2, -0.15) is 0 Å². The van der Waals surface area contributed by atoms with Gasteiger partial charge in [0.2, 0.25) is 6.79 Å². The normalized spacial score (nSPS) is 13.8. The van der Waals surface area contributed by atoms with E-state index in [2.05, 4.69) is 10.1 Å². The lowest BCUT2D eigenvalue weighted by Gasteiger charge is -2.06. The van der Waals surface area contributed by atoms with E-state index in [4.69, 9.17) is 14.7 Å². The third kappa shape index (κ3) is 2.37. The predicted octanol–water partition coefficient (Wildman–Crippen LogP) is 1.88. The highest BCUT2D eigenvalue weighted by molar-refractivity contribution is 6.00. The number of hydrogen-bond acceptors (Lipinski definition) is 5. The highest BCUT2D eigenvalue weighted by Crippen LogP contribution is 2.32. The van der Waals surface area contributed by atoms with Crippen LogP contribution in [-0.2, 0) is 6.54 Å². The van der Waals surface area contributed by atoms with Gasteiger partial charge in [-0.3, -0.25) is 0 Å². The van der Waals surface area contributed by atoms with E-state index in [1.807, 2.05) is 29.0 Å². The molecule has 1 aromatic carbocycles. The number of aryl methyl sites for hydroxylation is 1. The molecule has 0 atom stereocenters. The van der Waals surface area contributed by atoms with E-state index in [1.165, 1.54) is 0 Å². The quantitative estimate of drug-likeness (QED) is 0.517. The second-order valence-corrected chi connectivity index (χ2v) is 4.17. The molecule has 0 amide bonds. The highest BCUT2D eigenvalue weighted by atomic mass is 16.7. The molecule has 0 spiro atoms. The van der Waals surface area contributed by atoms with Crippen molar-refractivity contribution in [3.05, 3.63) is 42.5 Å². The maximum atomic E-state index is 9.15. The zero-order valence-corrected chi connectivity index (χ0v) is 10.2. The first-order chi connectivity index (χ1) is 9.36. The summed E-state index contributed by atoms with van der Waals surface area (Å²) >= 11 is 0. The number of aromatic nitrogens is 2. The molecular formula is C13H13N3O3. The molecule has 1 aliphatic rings. The lowest BCUT2D eigenvalue weighted by atomic mass is 10.1. The Balaban J connectivity index is 1.75. The molecule has 2 heterocycles. The molecule has 0 bridgehead atoms. The van der Waals surface area contributed by atoms with Crippen molar-refractivity contribution in [1.82, 2.24) is 9.55 Å². The van der Waals surface area contributed by atoms with Gasteiger partial charge in [-0.25, -0.2) is 4.98 Å². The lowest BCUT2D eigenvalue weighted by Crippen LogP contribution is -2.06. The van der Waals surface area contributed by atoms with E-state index in [0.717, 1.165) is 11.3 Å². The molecule has 0 unspecified atom stereocenters. The first-order valence-corrected chi connectivity index (χ1v) is 5.93. The molecule has 98 valence electrons. The third-order valence-corrected chi connectivity index (χ3v) is 2.99. The molecule has 0 aliphatic carbocycles. The maximum Gasteiger partial charge on any atom is 0.231 e. The van der Waals surface area contributed by atoms with E-state index in [9.17, 15) is 0 Å². The second-order valence-electron chi connectivity index (χ2n) is 4.17. The first kappa shape index (κ1) is 11.6. The molecule has 1 aromatic heterocycles. The largest absolute Gasteiger partial charge is 0.454 e. The van der Waals surface area contributed by atoms with Crippen molar-refractivity contribution < 1.29 is 14.7 Å². The fourth-order valence-electron chi connectivity index (χ4n) is 1.98. The molecule has 6 heteroatoms. The summed E-state index contributed by atoms with van der Waals surface area (Å²) in [6.45, 7) is 0.938. The standard InChI is InChI=1S/C13H13N3O3/c17-15-11(3-5-16-6-4-14-8-16)10-1-2-12-13(7-10)19-9-18-12/h1-2,4,6-8,17H,3,5,9H2/b15-11-. The van der Waals surface area contributed by atoms with Gasteiger partial charge in [0.15, 0.2) is 11.5 Å². The fraction of sp³-hybridized carbons (Fsp3) is 0.231. The molecule has 0 saturated carbocycles. The van der Waals surface area contributed by atoms with Crippen LogP contribution in [0.5, 0.6) is 11.5 Å². The molecule has 1 N–H and O–H groups in total. The lowest BCUT2D eigenvalue weighted by molar-refractivity contribution is 0.174. The first-order valence-electron chi connectivity index (χ1n) is 5.93. The summed E-state index contributed by atoms with van der Waals surface area (Å²) in [5.41, 5.74) is 1.43. The topological polar surface area (TPSA) is 68.9 Å². The van der Waals surface area contributed by atoms with Crippen LogP contribution >= 0.6 is 0 Å². The Labute approximate surface area is 109 Å². The van der Waals surface area contributed by atoms with Crippen molar-refractivity contribution in [3.63, 3.8) is 0 Å². The molecule has 0 radical (unpaired) electrons. The van der Waals surface area contributed by atoms with Gasteiger partial charge in [-0.05, 0) is 18.2 Å². The summed E-state index contributed by atoms with van der Waals surface area (Å²) in [5, 5.41) is 12.5. The Hall–Kier alpha value is -2.50. The molecular weight excluding hydrogens is 246 g/mol. The third-order valence-electron chi connectivity index (χ3n) is 2.99. The number of oxime groups is 1. The van der Waals surface area contributed by atoms with Crippen LogP contribution in [0.2, 0.25) is 0 Å². The number of rotatable bonds is 4. The average Bonchev–Trinajstić information content (AvgIpc) is 3.09.